The molecule has 1 aliphatic rings. The van der Waals surface area contributed by atoms with Gasteiger partial charge in [-0.05, 0) is 72.7 Å². The smallest absolute Gasteiger partial charge is 0.258 e. The zero-order valence-corrected chi connectivity index (χ0v) is 23.5. The molecule has 7 nitrogen and oxygen atoms in total. The van der Waals surface area contributed by atoms with E-state index in [1.807, 2.05) is 36.1 Å². The standard InChI is InChI=1S/C29H33ClN2O5S/c1-20-17-21(9-10-24(20)30)37-19-25-22-12-16-38-27(22)11-14-32(25)28(33)18-31(13-6-15-35-2)29(34)23-7-4-5-8-26(23)36-3/h4-5,7-10,12,16-17,25H,6,11,13-15,18-19H2,1-3H3/t25-/m1/s1. The van der Waals surface area contributed by atoms with Crippen molar-refractivity contribution in [2.75, 3.05) is 47.1 Å². The molecule has 0 bridgehead atoms. The summed E-state index contributed by atoms with van der Waals surface area (Å²) in [6, 6.07) is 14.4. The third-order valence-corrected chi connectivity index (χ3v) is 8.10. The maximum absolute atomic E-state index is 13.8. The van der Waals surface area contributed by atoms with E-state index in [1.165, 1.54) is 12.0 Å². The number of halogens is 1. The molecule has 38 heavy (non-hydrogen) atoms. The van der Waals surface area contributed by atoms with Crippen molar-refractivity contribution < 1.29 is 23.8 Å². The van der Waals surface area contributed by atoms with Crippen LogP contribution in [0.4, 0.5) is 0 Å². The number of methoxy groups -OCH3 is 2. The van der Waals surface area contributed by atoms with Gasteiger partial charge in [-0.15, -0.1) is 11.3 Å². The van der Waals surface area contributed by atoms with Crippen LogP contribution in [0.3, 0.4) is 0 Å². The topological polar surface area (TPSA) is 68.3 Å². The van der Waals surface area contributed by atoms with Crippen LogP contribution in [-0.2, 0) is 16.0 Å². The summed E-state index contributed by atoms with van der Waals surface area (Å²) in [7, 11) is 3.15. The molecule has 0 N–H and O–H groups in total. The van der Waals surface area contributed by atoms with Gasteiger partial charge in [0, 0.05) is 36.7 Å². The molecular weight excluding hydrogens is 524 g/mol. The van der Waals surface area contributed by atoms with Gasteiger partial charge in [0.2, 0.25) is 5.91 Å². The monoisotopic (exact) mass is 556 g/mol. The molecule has 0 fully saturated rings. The zero-order chi connectivity index (χ0) is 27.1. The lowest BCUT2D eigenvalue weighted by Crippen LogP contribution is -2.48. The van der Waals surface area contributed by atoms with Crippen LogP contribution in [-0.4, -0.2) is 68.7 Å². The summed E-state index contributed by atoms with van der Waals surface area (Å²) in [6.45, 7) is 3.63. The lowest BCUT2D eigenvalue weighted by Gasteiger charge is -2.37. The number of nitrogens with zero attached hydrogens (tertiary/aromatic N) is 2. The minimum Gasteiger partial charge on any atom is -0.496 e. The minimum atomic E-state index is -0.254. The zero-order valence-electron chi connectivity index (χ0n) is 21.9. The lowest BCUT2D eigenvalue weighted by atomic mass is 10.00. The molecule has 2 amide bonds. The molecule has 9 heteroatoms. The number of fused-ring (bicyclic) bond motifs is 1. The molecule has 0 spiro atoms. The van der Waals surface area contributed by atoms with Crippen molar-refractivity contribution >= 4 is 34.8 Å². The fourth-order valence-electron chi connectivity index (χ4n) is 4.65. The molecule has 2 heterocycles. The third kappa shape index (κ3) is 6.49. The Morgan fingerprint density at radius 1 is 1.16 bits per heavy atom. The predicted octanol–water partition coefficient (Wildman–Crippen LogP) is 5.40. The first-order valence-electron chi connectivity index (χ1n) is 12.6. The van der Waals surface area contributed by atoms with Gasteiger partial charge in [0.1, 0.15) is 24.7 Å². The minimum absolute atomic E-state index is 0.0450. The maximum atomic E-state index is 13.8. The summed E-state index contributed by atoms with van der Waals surface area (Å²) in [5, 5.41) is 2.74. The normalized spacial score (nSPS) is 14.6. The fourth-order valence-corrected chi connectivity index (χ4v) is 5.70. The second-order valence-electron chi connectivity index (χ2n) is 9.15. The fraction of sp³-hybridized carbons (Fsp3) is 0.379. The average molecular weight is 557 g/mol. The van der Waals surface area contributed by atoms with Crippen LogP contribution in [0.1, 0.15) is 38.8 Å². The molecule has 1 atom stereocenters. The van der Waals surface area contributed by atoms with Crippen molar-refractivity contribution in [2.45, 2.75) is 25.8 Å². The van der Waals surface area contributed by atoms with Crippen LogP contribution in [0.25, 0.3) is 0 Å². The first-order chi connectivity index (χ1) is 18.4. The van der Waals surface area contributed by atoms with Crippen molar-refractivity contribution in [3.05, 3.63) is 80.5 Å². The van der Waals surface area contributed by atoms with Crippen LogP contribution >= 0.6 is 22.9 Å². The number of carbonyl (C=O) groups excluding carboxylic acids is 2. The van der Waals surface area contributed by atoms with E-state index in [4.69, 9.17) is 25.8 Å². The number of thiophene rings is 1. The molecule has 202 valence electrons. The number of amides is 2. The quantitative estimate of drug-likeness (QED) is 0.296. The number of carbonyl (C=O) groups is 2. The Morgan fingerprint density at radius 3 is 2.74 bits per heavy atom. The van der Waals surface area contributed by atoms with Crippen LogP contribution in [0, 0.1) is 6.92 Å². The SMILES string of the molecule is COCCCN(CC(=O)N1CCc2sccc2[C@H]1COc1ccc(Cl)c(C)c1)C(=O)c1ccccc1OC. The summed E-state index contributed by atoms with van der Waals surface area (Å²) in [5.41, 5.74) is 2.46. The number of hydrogen-bond donors (Lipinski definition) is 0. The number of rotatable bonds is 11. The summed E-state index contributed by atoms with van der Waals surface area (Å²) < 4.78 is 16.8. The second-order valence-corrected chi connectivity index (χ2v) is 10.6. The first kappa shape index (κ1) is 28.0. The van der Waals surface area contributed by atoms with Crippen LogP contribution in [0.2, 0.25) is 5.02 Å². The number of aryl methyl sites for hydroxylation is 1. The highest BCUT2D eigenvalue weighted by Gasteiger charge is 2.34. The van der Waals surface area contributed by atoms with E-state index in [9.17, 15) is 9.59 Å². The maximum Gasteiger partial charge on any atom is 0.258 e. The number of ether oxygens (including phenoxy) is 3. The van der Waals surface area contributed by atoms with Gasteiger partial charge >= 0.3 is 0 Å². The highest BCUT2D eigenvalue weighted by molar-refractivity contribution is 7.10. The average Bonchev–Trinajstić information content (AvgIpc) is 3.42. The Balaban J connectivity index is 1.54. The number of hydrogen-bond acceptors (Lipinski definition) is 6. The largest absolute Gasteiger partial charge is 0.496 e. The summed E-state index contributed by atoms with van der Waals surface area (Å²) in [6.07, 6.45) is 1.39. The van der Waals surface area contributed by atoms with Gasteiger partial charge in [0.25, 0.3) is 5.91 Å². The molecule has 2 aromatic carbocycles. The second kappa shape index (κ2) is 13.1. The van der Waals surface area contributed by atoms with Gasteiger partial charge in [-0.25, -0.2) is 0 Å². The van der Waals surface area contributed by atoms with E-state index in [1.54, 1.807) is 41.5 Å². The number of para-hydroxylation sites is 1. The molecule has 0 radical (unpaired) electrons. The highest BCUT2D eigenvalue weighted by Crippen LogP contribution is 2.34. The highest BCUT2D eigenvalue weighted by atomic mass is 35.5. The van der Waals surface area contributed by atoms with Gasteiger partial charge in [0.05, 0.1) is 18.7 Å². The van der Waals surface area contributed by atoms with E-state index in [2.05, 4.69) is 11.4 Å². The molecule has 4 rings (SSSR count). The van der Waals surface area contributed by atoms with Gasteiger partial charge in [-0.1, -0.05) is 23.7 Å². The predicted molar refractivity (Wildman–Crippen MR) is 150 cm³/mol. The molecular formula is C29H33ClN2O5S. The lowest BCUT2D eigenvalue weighted by molar-refractivity contribution is -0.135. The molecule has 0 saturated carbocycles. The van der Waals surface area contributed by atoms with Crippen molar-refractivity contribution in [1.82, 2.24) is 9.80 Å². The van der Waals surface area contributed by atoms with Gasteiger partial charge in [-0.2, -0.15) is 0 Å². The molecule has 1 aliphatic heterocycles. The molecule has 1 aromatic heterocycles. The first-order valence-corrected chi connectivity index (χ1v) is 13.8. The van der Waals surface area contributed by atoms with E-state index in [-0.39, 0.29) is 24.4 Å². The van der Waals surface area contributed by atoms with Crippen LogP contribution < -0.4 is 9.47 Å². The Labute approximate surface area is 232 Å². The van der Waals surface area contributed by atoms with Crippen molar-refractivity contribution in [3.8, 4) is 11.5 Å². The van der Waals surface area contributed by atoms with Crippen molar-refractivity contribution in [3.63, 3.8) is 0 Å². The Morgan fingerprint density at radius 2 is 1.97 bits per heavy atom. The molecule has 3 aromatic rings. The summed E-state index contributed by atoms with van der Waals surface area (Å²) in [4.78, 5) is 32.0. The van der Waals surface area contributed by atoms with E-state index >= 15 is 0 Å². The van der Waals surface area contributed by atoms with Crippen molar-refractivity contribution in [2.24, 2.45) is 0 Å². The Bertz CT molecular complexity index is 1260. The van der Waals surface area contributed by atoms with Gasteiger partial charge in [-0.3, -0.25) is 9.59 Å². The van der Waals surface area contributed by atoms with Crippen molar-refractivity contribution in [1.29, 1.82) is 0 Å². The van der Waals surface area contributed by atoms with E-state index in [0.29, 0.717) is 54.8 Å². The van der Waals surface area contributed by atoms with Gasteiger partial charge in [0.15, 0.2) is 0 Å². The summed E-state index contributed by atoms with van der Waals surface area (Å²) in [5.74, 6) is 0.814. The molecule has 0 aliphatic carbocycles. The third-order valence-electron chi connectivity index (χ3n) is 6.68. The Hall–Kier alpha value is -3.07. The molecule has 0 unspecified atom stereocenters. The molecule has 0 saturated heterocycles. The number of benzene rings is 2. The van der Waals surface area contributed by atoms with Gasteiger partial charge < -0.3 is 24.0 Å². The van der Waals surface area contributed by atoms with E-state index < -0.39 is 0 Å². The van der Waals surface area contributed by atoms with Crippen LogP contribution in [0.15, 0.2) is 53.9 Å². The van der Waals surface area contributed by atoms with Crippen LogP contribution in [0.5, 0.6) is 11.5 Å². The Kier molecular flexibility index (Phi) is 9.66. The summed E-state index contributed by atoms with van der Waals surface area (Å²) >= 11 is 7.87. The van der Waals surface area contributed by atoms with E-state index in [0.717, 1.165) is 17.5 Å².